The second-order valence-electron chi connectivity index (χ2n) is 9.39. The topological polar surface area (TPSA) is 241 Å². The summed E-state index contributed by atoms with van der Waals surface area (Å²) in [6.07, 6.45) is 0.165. The Morgan fingerprint density at radius 1 is 0.872 bits per heavy atom. The van der Waals surface area contributed by atoms with Crippen molar-refractivity contribution < 1.29 is 44.1 Å². The minimum absolute atomic E-state index is 0.0854. The van der Waals surface area contributed by atoms with Crippen molar-refractivity contribution in [3.63, 3.8) is 0 Å². The normalized spacial score (nSPS) is 14.2. The van der Waals surface area contributed by atoms with Gasteiger partial charge in [-0.25, -0.2) is 4.79 Å². The highest BCUT2D eigenvalue weighted by Crippen LogP contribution is 2.19. The maximum atomic E-state index is 13.3. The minimum Gasteiger partial charge on any atom is -0.481 e. The molecule has 1 aromatic carbocycles. The number of carboxylic acids is 3. The molecule has 212 valence electrons. The second kappa shape index (κ2) is 13.9. The number of fused-ring (bicyclic) bond motifs is 1. The number of para-hydroxylation sites is 1. The molecule has 0 radical (unpaired) electrons. The highest BCUT2D eigenvalue weighted by molar-refractivity contribution is 5.95. The summed E-state index contributed by atoms with van der Waals surface area (Å²) in [4.78, 5) is 75.3. The SMILES string of the molecule is CC(C)C(NC(=O)C(N)CCC(=O)O)C(=O)NC(Cc1c[nH]c2ccccc12)C(=O)NC(CC(=O)O)C(=O)O. The molecule has 0 saturated carbocycles. The van der Waals surface area contributed by atoms with Crippen molar-refractivity contribution in [2.75, 3.05) is 0 Å². The van der Waals surface area contributed by atoms with Gasteiger partial charge in [-0.2, -0.15) is 0 Å². The summed E-state index contributed by atoms with van der Waals surface area (Å²) in [6.45, 7) is 3.27. The first-order valence-electron chi connectivity index (χ1n) is 12.2. The van der Waals surface area contributed by atoms with Gasteiger partial charge in [-0.15, -0.1) is 0 Å². The van der Waals surface area contributed by atoms with E-state index < -0.39 is 72.1 Å². The van der Waals surface area contributed by atoms with Gasteiger partial charge in [0.1, 0.15) is 18.1 Å². The summed E-state index contributed by atoms with van der Waals surface area (Å²) in [6, 6.07) is 1.73. The Balaban J connectivity index is 2.29. The maximum absolute atomic E-state index is 13.3. The number of nitrogens with one attached hydrogen (secondary N) is 4. The Kier molecular flexibility index (Phi) is 11.0. The Morgan fingerprint density at radius 2 is 1.51 bits per heavy atom. The van der Waals surface area contributed by atoms with Gasteiger partial charge in [-0.3, -0.25) is 24.0 Å². The highest BCUT2D eigenvalue weighted by Gasteiger charge is 2.33. The van der Waals surface area contributed by atoms with Gasteiger partial charge in [0, 0.05) is 29.9 Å². The summed E-state index contributed by atoms with van der Waals surface area (Å²) >= 11 is 0. The van der Waals surface area contributed by atoms with Crippen LogP contribution in [0, 0.1) is 5.92 Å². The number of carbonyl (C=O) groups is 6. The van der Waals surface area contributed by atoms with Crippen molar-refractivity contribution in [3.05, 3.63) is 36.0 Å². The standard InChI is InChI=1S/C25H33N5O9/c1-12(2)21(30-22(35)15(26)7-8-19(31)32)24(37)28-17(23(36)29-18(25(38)39)10-20(33)34)9-13-11-27-16-6-4-3-5-14(13)16/h3-6,11-12,15,17-18,21,27H,7-10,26H2,1-2H3,(H,28,37)(H,29,36)(H,30,35)(H,31,32)(H,33,34)(H,38,39). The predicted octanol–water partition coefficient (Wildman–Crippen LogP) is -0.428. The average Bonchev–Trinajstić information content (AvgIpc) is 3.26. The Labute approximate surface area is 223 Å². The fraction of sp³-hybridized carbons (Fsp3) is 0.440. The number of H-pyrrole nitrogens is 1. The number of hydrogen-bond donors (Lipinski definition) is 8. The van der Waals surface area contributed by atoms with Crippen molar-refractivity contribution in [1.29, 1.82) is 0 Å². The van der Waals surface area contributed by atoms with E-state index in [1.54, 1.807) is 44.3 Å². The molecule has 4 unspecified atom stereocenters. The summed E-state index contributed by atoms with van der Waals surface area (Å²) in [5.41, 5.74) is 7.13. The minimum atomic E-state index is -1.75. The molecule has 1 aromatic heterocycles. The number of carboxylic acid groups (broad SMARTS) is 3. The number of amides is 3. The quantitative estimate of drug-likeness (QED) is 0.143. The van der Waals surface area contributed by atoms with Crippen LogP contribution in [0.4, 0.5) is 0 Å². The molecule has 3 amide bonds. The third-order valence-corrected chi connectivity index (χ3v) is 5.98. The van der Waals surface area contributed by atoms with Crippen LogP contribution in [0.3, 0.4) is 0 Å². The van der Waals surface area contributed by atoms with E-state index in [0.29, 0.717) is 5.56 Å². The number of aliphatic carboxylic acids is 3. The molecule has 2 aromatic rings. The third-order valence-electron chi connectivity index (χ3n) is 5.98. The molecule has 0 saturated heterocycles. The molecule has 0 spiro atoms. The van der Waals surface area contributed by atoms with Crippen LogP contribution in [-0.2, 0) is 35.2 Å². The summed E-state index contributed by atoms with van der Waals surface area (Å²) in [5.74, 6) is -7.08. The van der Waals surface area contributed by atoms with Gasteiger partial charge in [-0.1, -0.05) is 32.0 Å². The van der Waals surface area contributed by atoms with Crippen molar-refractivity contribution in [2.24, 2.45) is 11.7 Å². The number of hydrogen-bond acceptors (Lipinski definition) is 7. The third kappa shape index (κ3) is 9.10. The van der Waals surface area contributed by atoms with E-state index in [0.717, 1.165) is 10.9 Å². The number of aromatic amines is 1. The monoisotopic (exact) mass is 547 g/mol. The number of rotatable bonds is 15. The molecule has 0 bridgehead atoms. The van der Waals surface area contributed by atoms with E-state index in [4.69, 9.17) is 15.9 Å². The average molecular weight is 548 g/mol. The largest absolute Gasteiger partial charge is 0.481 e. The predicted molar refractivity (Wildman–Crippen MR) is 137 cm³/mol. The van der Waals surface area contributed by atoms with Gasteiger partial charge in [0.15, 0.2) is 0 Å². The van der Waals surface area contributed by atoms with Crippen LogP contribution >= 0.6 is 0 Å². The summed E-state index contributed by atoms with van der Waals surface area (Å²) in [5, 5.41) is 35.1. The summed E-state index contributed by atoms with van der Waals surface area (Å²) in [7, 11) is 0. The summed E-state index contributed by atoms with van der Waals surface area (Å²) < 4.78 is 0. The van der Waals surface area contributed by atoms with E-state index in [1.165, 1.54) is 0 Å². The number of carbonyl (C=O) groups excluding carboxylic acids is 3. The van der Waals surface area contributed by atoms with Crippen LogP contribution < -0.4 is 21.7 Å². The first-order chi connectivity index (χ1) is 18.3. The van der Waals surface area contributed by atoms with Crippen LogP contribution in [0.15, 0.2) is 30.5 Å². The number of nitrogens with two attached hydrogens (primary N) is 1. The van der Waals surface area contributed by atoms with Gasteiger partial charge in [0.05, 0.1) is 12.5 Å². The molecular weight excluding hydrogens is 514 g/mol. The second-order valence-corrected chi connectivity index (χ2v) is 9.39. The first kappa shape index (κ1) is 30.8. The van der Waals surface area contributed by atoms with Crippen LogP contribution in [0.5, 0.6) is 0 Å². The van der Waals surface area contributed by atoms with Gasteiger partial charge in [0.2, 0.25) is 17.7 Å². The van der Waals surface area contributed by atoms with Crippen molar-refractivity contribution in [2.45, 2.75) is 63.7 Å². The molecule has 2 rings (SSSR count). The van der Waals surface area contributed by atoms with Gasteiger partial charge in [0.25, 0.3) is 0 Å². The van der Waals surface area contributed by atoms with Crippen molar-refractivity contribution in [3.8, 4) is 0 Å². The number of aromatic nitrogens is 1. The van der Waals surface area contributed by atoms with Crippen LogP contribution in [-0.4, -0.2) is 80.1 Å². The molecule has 9 N–H and O–H groups in total. The fourth-order valence-corrected chi connectivity index (χ4v) is 3.84. The van der Waals surface area contributed by atoms with Crippen molar-refractivity contribution >= 4 is 46.5 Å². The molecule has 1 heterocycles. The fourth-order valence-electron chi connectivity index (χ4n) is 3.84. The molecule has 0 aliphatic rings. The maximum Gasteiger partial charge on any atom is 0.326 e. The smallest absolute Gasteiger partial charge is 0.326 e. The lowest BCUT2D eigenvalue weighted by Crippen LogP contribution is -2.59. The zero-order valence-electron chi connectivity index (χ0n) is 21.5. The molecule has 0 aliphatic heterocycles. The van der Waals surface area contributed by atoms with E-state index in [1.807, 2.05) is 0 Å². The van der Waals surface area contributed by atoms with Gasteiger partial charge in [-0.05, 0) is 24.0 Å². The van der Waals surface area contributed by atoms with Gasteiger partial charge < -0.3 is 42.0 Å². The van der Waals surface area contributed by atoms with Crippen LogP contribution in [0.2, 0.25) is 0 Å². The molecule has 14 heteroatoms. The van der Waals surface area contributed by atoms with E-state index in [9.17, 15) is 33.9 Å². The lowest BCUT2D eigenvalue weighted by atomic mass is 9.99. The number of benzene rings is 1. The Bertz CT molecular complexity index is 1230. The Morgan fingerprint density at radius 3 is 2.10 bits per heavy atom. The first-order valence-corrected chi connectivity index (χ1v) is 12.2. The van der Waals surface area contributed by atoms with Gasteiger partial charge >= 0.3 is 17.9 Å². The zero-order valence-corrected chi connectivity index (χ0v) is 21.5. The van der Waals surface area contributed by atoms with E-state index in [-0.39, 0.29) is 19.3 Å². The van der Waals surface area contributed by atoms with Crippen LogP contribution in [0.25, 0.3) is 10.9 Å². The molecule has 0 aliphatic carbocycles. The molecule has 14 nitrogen and oxygen atoms in total. The zero-order chi connectivity index (χ0) is 29.3. The van der Waals surface area contributed by atoms with Crippen LogP contribution in [0.1, 0.15) is 38.7 Å². The van der Waals surface area contributed by atoms with E-state index in [2.05, 4.69) is 20.9 Å². The lowest BCUT2D eigenvalue weighted by molar-refractivity contribution is -0.147. The molecule has 4 atom stereocenters. The Hall–Kier alpha value is -4.46. The molecule has 39 heavy (non-hydrogen) atoms. The molecular formula is C25H33N5O9. The lowest BCUT2D eigenvalue weighted by Gasteiger charge is -2.27. The van der Waals surface area contributed by atoms with Crippen molar-refractivity contribution in [1.82, 2.24) is 20.9 Å². The van der Waals surface area contributed by atoms with E-state index >= 15 is 0 Å². The molecule has 0 fully saturated rings. The highest BCUT2D eigenvalue weighted by atomic mass is 16.4.